The van der Waals surface area contributed by atoms with Crippen molar-refractivity contribution in [2.45, 2.75) is 12.8 Å². The van der Waals surface area contributed by atoms with E-state index in [2.05, 4.69) is 0 Å². The maximum absolute atomic E-state index is 11.3. The van der Waals surface area contributed by atoms with Gasteiger partial charge in [0.1, 0.15) is 0 Å². The molecule has 4 amide bonds. The molecule has 78 valence electrons. The predicted octanol–water partition coefficient (Wildman–Crippen LogP) is -0.854. The molecule has 0 spiro atoms. The second-order valence-corrected chi connectivity index (χ2v) is 3.10. The molecule has 1 fully saturated rings. The van der Waals surface area contributed by atoms with E-state index in [1.54, 1.807) is 0 Å². The molecule has 0 atom stereocenters. The SMILES string of the molecule is CN1C(=O)C(=O)N(CCCCN)C1=O. The molecule has 1 saturated heterocycles. The first kappa shape index (κ1) is 10.6. The van der Waals surface area contributed by atoms with Crippen LogP contribution in [0.25, 0.3) is 0 Å². The van der Waals surface area contributed by atoms with Crippen LogP contribution in [0.3, 0.4) is 0 Å². The van der Waals surface area contributed by atoms with E-state index >= 15 is 0 Å². The molecular formula is C8H13N3O3. The summed E-state index contributed by atoms with van der Waals surface area (Å²) in [6, 6.07) is -0.544. The highest BCUT2D eigenvalue weighted by Gasteiger charge is 2.41. The second kappa shape index (κ2) is 4.19. The number of nitrogens with zero attached hydrogens (tertiary/aromatic N) is 2. The first-order valence-corrected chi connectivity index (χ1v) is 4.43. The molecule has 2 N–H and O–H groups in total. The molecule has 0 unspecified atom stereocenters. The minimum absolute atomic E-state index is 0.269. The molecule has 0 saturated carbocycles. The Bertz CT molecular complexity index is 277. The summed E-state index contributed by atoms with van der Waals surface area (Å²) in [5.41, 5.74) is 5.27. The summed E-state index contributed by atoms with van der Waals surface area (Å²) in [6.45, 7) is 0.783. The summed E-state index contributed by atoms with van der Waals surface area (Å²) in [5, 5.41) is 0. The van der Waals surface area contributed by atoms with Gasteiger partial charge in [0.2, 0.25) is 0 Å². The standard InChI is InChI=1S/C8H13N3O3/c1-10-6(12)7(13)11(8(10)14)5-3-2-4-9/h2-5,9H2,1H3. The fraction of sp³-hybridized carbons (Fsp3) is 0.625. The van der Waals surface area contributed by atoms with Gasteiger partial charge in [-0.25, -0.2) is 4.79 Å². The van der Waals surface area contributed by atoms with Crippen LogP contribution in [0.1, 0.15) is 12.8 Å². The third-order valence-electron chi connectivity index (χ3n) is 2.09. The summed E-state index contributed by atoms with van der Waals surface area (Å²) in [4.78, 5) is 35.3. The Morgan fingerprint density at radius 1 is 1.14 bits per heavy atom. The topological polar surface area (TPSA) is 83.7 Å². The fourth-order valence-electron chi connectivity index (χ4n) is 1.23. The summed E-state index contributed by atoms with van der Waals surface area (Å²) in [7, 11) is 1.30. The number of hydrogen-bond donors (Lipinski definition) is 1. The van der Waals surface area contributed by atoms with Crippen LogP contribution in [0, 0.1) is 0 Å². The molecule has 1 rings (SSSR count). The van der Waals surface area contributed by atoms with Crippen LogP contribution in [-0.4, -0.2) is 47.8 Å². The van der Waals surface area contributed by atoms with Crippen molar-refractivity contribution in [2.24, 2.45) is 5.73 Å². The lowest BCUT2D eigenvalue weighted by Crippen LogP contribution is -2.32. The number of carbonyl (C=O) groups excluding carboxylic acids is 3. The number of likely N-dealkylation sites (N-methyl/N-ethyl adjacent to an activating group) is 1. The quantitative estimate of drug-likeness (QED) is 0.363. The first-order valence-electron chi connectivity index (χ1n) is 4.43. The van der Waals surface area contributed by atoms with E-state index in [1.807, 2.05) is 0 Å². The normalized spacial score (nSPS) is 17.1. The highest BCUT2D eigenvalue weighted by molar-refractivity contribution is 6.44. The molecule has 0 radical (unpaired) electrons. The van der Waals surface area contributed by atoms with E-state index in [0.717, 1.165) is 16.2 Å². The van der Waals surface area contributed by atoms with Crippen LogP contribution < -0.4 is 5.73 Å². The number of imide groups is 2. The van der Waals surface area contributed by atoms with E-state index in [1.165, 1.54) is 7.05 Å². The fourth-order valence-corrected chi connectivity index (χ4v) is 1.23. The van der Waals surface area contributed by atoms with E-state index < -0.39 is 17.8 Å². The molecule has 0 aromatic heterocycles. The Balaban J connectivity index is 2.57. The van der Waals surface area contributed by atoms with Crippen molar-refractivity contribution in [3.05, 3.63) is 0 Å². The largest absolute Gasteiger partial charge is 0.333 e. The zero-order valence-electron chi connectivity index (χ0n) is 8.02. The van der Waals surface area contributed by atoms with Crippen LogP contribution in [-0.2, 0) is 9.59 Å². The number of carbonyl (C=O) groups is 3. The summed E-state index contributed by atoms with van der Waals surface area (Å²) < 4.78 is 0. The number of unbranched alkanes of at least 4 members (excludes halogenated alkanes) is 1. The minimum Gasteiger partial charge on any atom is -0.330 e. The summed E-state index contributed by atoms with van der Waals surface area (Å²) >= 11 is 0. The molecule has 0 aromatic rings. The van der Waals surface area contributed by atoms with Crippen molar-refractivity contribution in [3.8, 4) is 0 Å². The van der Waals surface area contributed by atoms with Crippen LogP contribution in [0.5, 0.6) is 0 Å². The van der Waals surface area contributed by atoms with E-state index in [0.29, 0.717) is 13.0 Å². The van der Waals surface area contributed by atoms with Gasteiger partial charge in [0.15, 0.2) is 0 Å². The zero-order chi connectivity index (χ0) is 10.7. The van der Waals surface area contributed by atoms with E-state index in [4.69, 9.17) is 5.73 Å². The molecular weight excluding hydrogens is 186 g/mol. The van der Waals surface area contributed by atoms with Crippen molar-refractivity contribution < 1.29 is 14.4 Å². The molecule has 14 heavy (non-hydrogen) atoms. The Labute approximate surface area is 81.6 Å². The van der Waals surface area contributed by atoms with Crippen molar-refractivity contribution in [1.29, 1.82) is 0 Å². The van der Waals surface area contributed by atoms with Gasteiger partial charge >= 0.3 is 17.8 Å². The lowest BCUT2D eigenvalue weighted by Gasteiger charge is -2.11. The molecule has 1 heterocycles. The Hall–Kier alpha value is -1.43. The molecule has 0 bridgehead atoms. The van der Waals surface area contributed by atoms with Gasteiger partial charge in [-0.05, 0) is 19.4 Å². The number of nitrogens with two attached hydrogens (primary N) is 1. The number of hydrogen-bond acceptors (Lipinski definition) is 4. The van der Waals surface area contributed by atoms with Crippen molar-refractivity contribution in [3.63, 3.8) is 0 Å². The molecule has 0 aliphatic carbocycles. The lowest BCUT2D eigenvalue weighted by molar-refractivity contribution is -0.142. The monoisotopic (exact) mass is 199 g/mol. The Morgan fingerprint density at radius 3 is 2.21 bits per heavy atom. The molecule has 0 aromatic carbocycles. The second-order valence-electron chi connectivity index (χ2n) is 3.10. The van der Waals surface area contributed by atoms with Gasteiger partial charge in [0.25, 0.3) is 0 Å². The number of amides is 4. The van der Waals surface area contributed by atoms with Crippen LogP contribution in [0.15, 0.2) is 0 Å². The molecule has 1 aliphatic heterocycles. The van der Waals surface area contributed by atoms with Gasteiger partial charge in [-0.15, -0.1) is 0 Å². The first-order chi connectivity index (χ1) is 6.59. The summed E-state index contributed by atoms with van der Waals surface area (Å²) in [5.74, 6) is -1.50. The van der Waals surface area contributed by atoms with Gasteiger partial charge in [-0.1, -0.05) is 0 Å². The zero-order valence-corrected chi connectivity index (χ0v) is 8.02. The predicted molar refractivity (Wildman–Crippen MR) is 48.2 cm³/mol. The van der Waals surface area contributed by atoms with Gasteiger partial charge < -0.3 is 5.73 Å². The number of urea groups is 1. The van der Waals surface area contributed by atoms with E-state index in [-0.39, 0.29) is 6.54 Å². The third kappa shape index (κ3) is 1.74. The van der Waals surface area contributed by atoms with E-state index in [9.17, 15) is 14.4 Å². The van der Waals surface area contributed by atoms with Crippen molar-refractivity contribution in [1.82, 2.24) is 9.80 Å². The summed E-state index contributed by atoms with van der Waals surface area (Å²) in [6.07, 6.45) is 1.37. The molecule has 1 aliphatic rings. The average Bonchev–Trinajstić information content (AvgIpc) is 2.35. The smallest absolute Gasteiger partial charge is 0.330 e. The maximum atomic E-state index is 11.3. The van der Waals surface area contributed by atoms with Crippen LogP contribution in [0.2, 0.25) is 0 Å². The Morgan fingerprint density at radius 2 is 1.79 bits per heavy atom. The van der Waals surface area contributed by atoms with Gasteiger partial charge in [0, 0.05) is 13.6 Å². The highest BCUT2D eigenvalue weighted by atomic mass is 16.2. The number of rotatable bonds is 4. The minimum atomic E-state index is -0.761. The maximum Gasteiger partial charge on any atom is 0.333 e. The lowest BCUT2D eigenvalue weighted by atomic mass is 10.3. The highest BCUT2D eigenvalue weighted by Crippen LogP contribution is 2.10. The van der Waals surface area contributed by atoms with Gasteiger partial charge in [0.05, 0.1) is 0 Å². The van der Waals surface area contributed by atoms with Crippen molar-refractivity contribution >= 4 is 17.8 Å². The average molecular weight is 199 g/mol. The van der Waals surface area contributed by atoms with Crippen molar-refractivity contribution in [2.75, 3.05) is 20.1 Å². The Kier molecular flexibility index (Phi) is 3.19. The van der Waals surface area contributed by atoms with Gasteiger partial charge in [-0.2, -0.15) is 0 Å². The third-order valence-corrected chi connectivity index (χ3v) is 2.09. The molecule has 6 heteroatoms. The molecule has 6 nitrogen and oxygen atoms in total. The van der Waals surface area contributed by atoms with Crippen LogP contribution >= 0.6 is 0 Å². The van der Waals surface area contributed by atoms with Gasteiger partial charge in [-0.3, -0.25) is 19.4 Å². The van der Waals surface area contributed by atoms with Crippen LogP contribution in [0.4, 0.5) is 4.79 Å².